The van der Waals surface area contributed by atoms with E-state index in [9.17, 15) is 19.1 Å². The Balaban J connectivity index is 1.42. The molecular weight excluding hydrogens is 703 g/mol. The predicted molar refractivity (Wildman–Crippen MR) is 172 cm³/mol. The van der Waals surface area contributed by atoms with Gasteiger partial charge in [-0.05, 0) is 127 Å². The normalized spacial score (nSPS) is 14.9. The topological polar surface area (TPSA) is 88.4 Å². The minimum Gasteiger partial charge on any atom is -0.497 e. The molecule has 1 N–H and O–H groups in total. The highest BCUT2D eigenvalue weighted by Gasteiger charge is 2.33. The summed E-state index contributed by atoms with van der Waals surface area (Å²) in [7, 11) is 1.58. The molecule has 0 aromatic heterocycles. The van der Waals surface area contributed by atoms with Gasteiger partial charge >= 0.3 is 5.97 Å². The summed E-state index contributed by atoms with van der Waals surface area (Å²) >= 11 is 8.35. The third kappa shape index (κ3) is 7.54. The van der Waals surface area contributed by atoms with Crippen molar-refractivity contribution in [3.05, 3.63) is 127 Å². The van der Waals surface area contributed by atoms with Crippen LogP contribution in [-0.2, 0) is 17.9 Å². The molecule has 1 amide bonds. The van der Waals surface area contributed by atoms with Crippen LogP contribution in [0.1, 0.15) is 27.0 Å². The molecule has 0 aliphatic carbocycles. The number of aliphatic imine (C=N–C) groups is 1. The molecule has 7 nitrogen and oxygen atoms in total. The number of carboxylic acid groups (broad SMARTS) is 1. The molecule has 4 aromatic carbocycles. The molecule has 0 spiro atoms. The second kappa shape index (κ2) is 13.6. The van der Waals surface area contributed by atoms with Crippen molar-refractivity contribution in [3.63, 3.8) is 0 Å². The number of carboxylic acids is 1. The van der Waals surface area contributed by atoms with Gasteiger partial charge in [-0.25, -0.2) is 14.2 Å². The fourth-order valence-corrected chi connectivity index (χ4v) is 6.62. The Morgan fingerprint density at radius 1 is 1.00 bits per heavy atom. The Kier molecular flexibility index (Phi) is 9.64. The van der Waals surface area contributed by atoms with E-state index in [-0.39, 0.29) is 30.4 Å². The molecule has 11 heteroatoms. The number of amides is 1. The van der Waals surface area contributed by atoms with Crippen molar-refractivity contribution in [2.75, 3.05) is 7.11 Å². The van der Waals surface area contributed by atoms with Crippen LogP contribution in [-0.4, -0.2) is 34.2 Å². The molecular formula is C32H23Br2FN2O5S. The SMILES string of the molecule is COc1ccc(N=C2S/C(=C\c3cc(Br)c(OCc4cccc(F)c4)c(Br)c3)C(=O)N2Cc2ccc(C(=O)O)cc2)cc1. The maximum atomic E-state index is 13.7. The summed E-state index contributed by atoms with van der Waals surface area (Å²) in [5.74, 6) is -0.354. The Bertz CT molecular complexity index is 1720. The van der Waals surface area contributed by atoms with E-state index in [1.54, 1.807) is 66.6 Å². The number of rotatable bonds is 9. The fraction of sp³-hybridized carbons (Fsp3) is 0.0938. The number of hydrogen-bond donors (Lipinski definition) is 1. The zero-order valence-corrected chi connectivity index (χ0v) is 26.6. The Morgan fingerprint density at radius 2 is 1.70 bits per heavy atom. The lowest BCUT2D eigenvalue weighted by molar-refractivity contribution is -0.122. The van der Waals surface area contributed by atoms with Gasteiger partial charge in [0.25, 0.3) is 5.91 Å². The van der Waals surface area contributed by atoms with E-state index < -0.39 is 5.97 Å². The van der Waals surface area contributed by atoms with Crippen LogP contribution in [0.15, 0.2) is 104 Å². The van der Waals surface area contributed by atoms with Crippen molar-refractivity contribution < 1.29 is 28.6 Å². The van der Waals surface area contributed by atoms with Crippen molar-refractivity contribution in [1.82, 2.24) is 4.90 Å². The first kappa shape index (κ1) is 30.5. The highest BCUT2D eigenvalue weighted by atomic mass is 79.9. The molecule has 1 heterocycles. The third-order valence-electron chi connectivity index (χ3n) is 6.32. The number of thioether (sulfide) groups is 1. The van der Waals surface area contributed by atoms with Crippen molar-refractivity contribution in [3.8, 4) is 11.5 Å². The van der Waals surface area contributed by atoms with Crippen molar-refractivity contribution >= 4 is 72.4 Å². The number of halogens is 3. The van der Waals surface area contributed by atoms with Crippen LogP contribution in [0.5, 0.6) is 11.5 Å². The summed E-state index contributed by atoms with van der Waals surface area (Å²) in [4.78, 5) is 31.7. The minimum absolute atomic E-state index is 0.165. The standard InChI is InChI=1S/C32H23Br2FN2O5S/c1-41-25-11-9-24(10-12-25)36-32-37(17-19-5-7-22(8-6-19)31(39)40)30(38)28(43-32)16-21-14-26(33)29(27(34)15-21)42-18-20-3-2-4-23(35)13-20/h2-16H,17-18H2,1H3,(H,39,40)/b28-16-,36-32?. The maximum absolute atomic E-state index is 13.7. The van der Waals surface area contributed by atoms with Crippen LogP contribution in [0.2, 0.25) is 0 Å². The lowest BCUT2D eigenvalue weighted by Gasteiger charge is -2.16. The molecule has 0 saturated carbocycles. The van der Waals surface area contributed by atoms with Gasteiger partial charge in [-0.1, -0.05) is 24.3 Å². The molecule has 1 saturated heterocycles. The van der Waals surface area contributed by atoms with Gasteiger partial charge in [0.05, 0.1) is 38.8 Å². The maximum Gasteiger partial charge on any atom is 0.335 e. The molecule has 0 bridgehead atoms. The molecule has 1 fully saturated rings. The summed E-state index contributed by atoms with van der Waals surface area (Å²) in [6, 6.07) is 23.4. The fourth-order valence-electron chi connectivity index (χ4n) is 4.17. The molecule has 43 heavy (non-hydrogen) atoms. The summed E-state index contributed by atoms with van der Waals surface area (Å²) in [6.45, 7) is 0.385. The van der Waals surface area contributed by atoms with Gasteiger partial charge in [-0.15, -0.1) is 0 Å². The smallest absolute Gasteiger partial charge is 0.335 e. The lowest BCUT2D eigenvalue weighted by Crippen LogP contribution is -2.28. The van der Waals surface area contributed by atoms with E-state index in [1.807, 2.05) is 12.1 Å². The number of methoxy groups -OCH3 is 1. The van der Waals surface area contributed by atoms with E-state index in [1.165, 1.54) is 36.0 Å². The van der Waals surface area contributed by atoms with Gasteiger partial charge in [0.15, 0.2) is 5.17 Å². The Hall–Kier alpha value is -3.93. The Labute approximate surface area is 268 Å². The molecule has 0 unspecified atom stereocenters. The number of hydrogen-bond acceptors (Lipinski definition) is 6. The van der Waals surface area contributed by atoms with E-state index in [0.717, 1.165) is 11.1 Å². The molecule has 218 valence electrons. The van der Waals surface area contributed by atoms with E-state index in [4.69, 9.17) is 14.5 Å². The van der Waals surface area contributed by atoms with Gasteiger partial charge in [-0.3, -0.25) is 9.69 Å². The van der Waals surface area contributed by atoms with Gasteiger partial charge in [-0.2, -0.15) is 0 Å². The number of ether oxygens (including phenoxy) is 2. The zero-order chi connectivity index (χ0) is 30.5. The first-order valence-electron chi connectivity index (χ1n) is 12.8. The number of carbonyl (C=O) groups is 2. The third-order valence-corrected chi connectivity index (χ3v) is 8.50. The highest BCUT2D eigenvalue weighted by Crippen LogP contribution is 2.39. The van der Waals surface area contributed by atoms with Gasteiger partial charge in [0, 0.05) is 0 Å². The summed E-state index contributed by atoms with van der Waals surface area (Å²) in [6.07, 6.45) is 1.77. The second-order valence-electron chi connectivity index (χ2n) is 9.33. The van der Waals surface area contributed by atoms with Crippen molar-refractivity contribution in [2.45, 2.75) is 13.2 Å². The van der Waals surface area contributed by atoms with E-state index in [2.05, 4.69) is 31.9 Å². The van der Waals surface area contributed by atoms with Crippen LogP contribution in [0, 0.1) is 5.82 Å². The first-order chi connectivity index (χ1) is 20.7. The highest BCUT2D eigenvalue weighted by molar-refractivity contribution is 9.11. The van der Waals surface area contributed by atoms with Crippen LogP contribution < -0.4 is 9.47 Å². The van der Waals surface area contributed by atoms with Gasteiger partial charge in [0.2, 0.25) is 0 Å². The predicted octanol–water partition coefficient (Wildman–Crippen LogP) is 8.44. The quantitative estimate of drug-likeness (QED) is 0.174. The molecule has 0 atom stereocenters. The largest absolute Gasteiger partial charge is 0.497 e. The van der Waals surface area contributed by atoms with Crippen molar-refractivity contribution in [1.29, 1.82) is 0 Å². The first-order valence-corrected chi connectivity index (χ1v) is 15.2. The molecule has 4 aromatic rings. The number of benzene rings is 4. The molecule has 5 rings (SSSR count). The van der Waals surface area contributed by atoms with Crippen LogP contribution >= 0.6 is 43.6 Å². The van der Waals surface area contributed by atoms with Crippen LogP contribution in [0.4, 0.5) is 10.1 Å². The summed E-state index contributed by atoms with van der Waals surface area (Å²) in [5.41, 5.74) is 3.00. The molecule has 1 aliphatic rings. The average Bonchev–Trinajstić information content (AvgIpc) is 3.26. The lowest BCUT2D eigenvalue weighted by atomic mass is 10.1. The molecule has 0 radical (unpaired) electrons. The van der Waals surface area contributed by atoms with Crippen LogP contribution in [0.3, 0.4) is 0 Å². The van der Waals surface area contributed by atoms with Gasteiger partial charge in [0.1, 0.15) is 23.9 Å². The summed E-state index contributed by atoms with van der Waals surface area (Å²) < 4.78 is 26.0. The molecule has 1 aliphatic heterocycles. The minimum atomic E-state index is -1.02. The number of carbonyl (C=O) groups excluding carboxylic acids is 1. The monoisotopic (exact) mass is 724 g/mol. The van der Waals surface area contributed by atoms with E-state index in [0.29, 0.717) is 41.8 Å². The zero-order valence-electron chi connectivity index (χ0n) is 22.6. The van der Waals surface area contributed by atoms with Crippen molar-refractivity contribution in [2.24, 2.45) is 4.99 Å². The Morgan fingerprint density at radius 3 is 2.33 bits per heavy atom. The van der Waals surface area contributed by atoms with Crippen LogP contribution in [0.25, 0.3) is 6.08 Å². The number of aromatic carboxylic acids is 1. The number of nitrogens with zero attached hydrogens (tertiary/aromatic N) is 2. The summed E-state index contributed by atoms with van der Waals surface area (Å²) in [5, 5.41) is 9.72. The number of amidine groups is 1. The van der Waals surface area contributed by atoms with E-state index >= 15 is 0 Å². The average molecular weight is 726 g/mol. The van der Waals surface area contributed by atoms with Gasteiger partial charge < -0.3 is 14.6 Å². The second-order valence-corrected chi connectivity index (χ2v) is 12.0.